The van der Waals surface area contributed by atoms with Gasteiger partial charge in [-0.3, -0.25) is 9.52 Å². The van der Waals surface area contributed by atoms with E-state index in [1.54, 1.807) is 13.0 Å². The molecular weight excluding hydrogens is 389 g/mol. The summed E-state index contributed by atoms with van der Waals surface area (Å²) in [6, 6.07) is 12.7. The third kappa shape index (κ3) is 4.86. The highest BCUT2D eigenvalue weighted by molar-refractivity contribution is 7.92. The molecule has 3 rings (SSSR count). The van der Waals surface area contributed by atoms with Crippen molar-refractivity contribution >= 4 is 27.4 Å². The van der Waals surface area contributed by atoms with E-state index in [0.29, 0.717) is 11.4 Å². The van der Waals surface area contributed by atoms with Crippen LogP contribution in [0, 0.1) is 12.7 Å². The molecule has 2 aromatic carbocycles. The lowest BCUT2D eigenvalue weighted by atomic mass is 10.3. The molecule has 8 nitrogen and oxygen atoms in total. The number of ether oxygens (including phenoxy) is 1. The number of anilines is 2. The number of benzene rings is 2. The number of aromatic nitrogens is 1. The van der Waals surface area contributed by atoms with Gasteiger partial charge in [0, 0.05) is 11.8 Å². The van der Waals surface area contributed by atoms with E-state index in [1.807, 2.05) is 0 Å². The van der Waals surface area contributed by atoms with Crippen LogP contribution in [0.2, 0.25) is 0 Å². The number of hydrogen-bond acceptors (Lipinski definition) is 6. The molecule has 0 saturated carbocycles. The van der Waals surface area contributed by atoms with Gasteiger partial charge >= 0.3 is 0 Å². The lowest BCUT2D eigenvalue weighted by Crippen LogP contribution is -2.20. The second-order valence-corrected chi connectivity index (χ2v) is 7.40. The Hall–Kier alpha value is -3.40. The van der Waals surface area contributed by atoms with Crippen LogP contribution in [0.15, 0.2) is 64.0 Å². The van der Waals surface area contributed by atoms with Crippen LogP contribution in [0.3, 0.4) is 0 Å². The number of nitrogens with one attached hydrogen (secondary N) is 2. The topological polar surface area (TPSA) is 111 Å². The normalized spacial score (nSPS) is 11.1. The summed E-state index contributed by atoms with van der Waals surface area (Å²) in [5, 5.41) is 6.11. The van der Waals surface area contributed by atoms with Gasteiger partial charge in [0.1, 0.15) is 5.76 Å². The van der Waals surface area contributed by atoms with Gasteiger partial charge < -0.3 is 14.6 Å². The van der Waals surface area contributed by atoms with Crippen molar-refractivity contribution in [2.75, 3.05) is 16.6 Å². The lowest BCUT2D eigenvalue weighted by Gasteiger charge is -2.09. The van der Waals surface area contributed by atoms with E-state index in [-0.39, 0.29) is 16.5 Å². The zero-order valence-electron chi connectivity index (χ0n) is 14.7. The minimum absolute atomic E-state index is 0.0197. The zero-order valence-corrected chi connectivity index (χ0v) is 15.5. The maximum absolute atomic E-state index is 13.5. The number of carbonyl (C=O) groups excluding carboxylic acids is 1. The van der Waals surface area contributed by atoms with Crippen molar-refractivity contribution in [1.29, 1.82) is 0 Å². The van der Waals surface area contributed by atoms with Crippen molar-refractivity contribution < 1.29 is 26.9 Å². The zero-order chi connectivity index (χ0) is 20.1. The molecule has 0 spiro atoms. The Bertz CT molecular complexity index is 1080. The van der Waals surface area contributed by atoms with Crippen molar-refractivity contribution in [1.82, 2.24) is 5.16 Å². The highest BCUT2D eigenvalue weighted by atomic mass is 32.2. The van der Waals surface area contributed by atoms with E-state index < -0.39 is 28.4 Å². The SMILES string of the molecule is Cc1cc(NS(=O)(=O)c2ccc(NC(=O)COc3ccccc3F)cc2)no1. The fraction of sp³-hybridized carbons (Fsp3) is 0.111. The predicted octanol–water partition coefficient (Wildman–Crippen LogP) is 2.94. The number of halogens is 1. The summed E-state index contributed by atoms with van der Waals surface area (Å²) in [6.07, 6.45) is 0. The molecule has 0 fully saturated rings. The maximum atomic E-state index is 13.5. The minimum Gasteiger partial charge on any atom is -0.481 e. The van der Waals surface area contributed by atoms with Crippen LogP contribution in [-0.2, 0) is 14.8 Å². The molecule has 0 aliphatic rings. The molecule has 0 aliphatic heterocycles. The van der Waals surface area contributed by atoms with Crippen molar-refractivity contribution in [3.05, 3.63) is 66.2 Å². The third-order valence-electron chi connectivity index (χ3n) is 3.51. The lowest BCUT2D eigenvalue weighted by molar-refractivity contribution is -0.118. The van der Waals surface area contributed by atoms with Gasteiger partial charge in [-0.05, 0) is 43.3 Å². The molecule has 1 amide bonds. The van der Waals surface area contributed by atoms with Crippen molar-refractivity contribution in [3.63, 3.8) is 0 Å². The molecule has 2 N–H and O–H groups in total. The van der Waals surface area contributed by atoms with Crippen LogP contribution in [0.1, 0.15) is 5.76 Å². The summed E-state index contributed by atoms with van der Waals surface area (Å²) < 4.78 is 50.3. The van der Waals surface area contributed by atoms with E-state index in [0.717, 1.165) is 0 Å². The van der Waals surface area contributed by atoms with Gasteiger partial charge in [-0.15, -0.1) is 0 Å². The Balaban J connectivity index is 1.59. The molecule has 0 aliphatic carbocycles. The number of rotatable bonds is 7. The molecule has 0 unspecified atom stereocenters. The van der Waals surface area contributed by atoms with Crippen molar-refractivity contribution in [2.24, 2.45) is 0 Å². The van der Waals surface area contributed by atoms with Crippen LogP contribution in [0.5, 0.6) is 5.75 Å². The molecule has 28 heavy (non-hydrogen) atoms. The highest BCUT2D eigenvalue weighted by Gasteiger charge is 2.16. The average molecular weight is 405 g/mol. The van der Waals surface area contributed by atoms with Gasteiger partial charge in [0.05, 0.1) is 4.90 Å². The number of amides is 1. The van der Waals surface area contributed by atoms with E-state index in [1.165, 1.54) is 48.5 Å². The van der Waals surface area contributed by atoms with E-state index in [9.17, 15) is 17.6 Å². The standard InChI is InChI=1S/C18H16FN3O5S/c1-12-10-17(21-27-12)22-28(24,25)14-8-6-13(7-9-14)20-18(23)11-26-16-5-3-2-4-15(16)19/h2-10H,11H2,1H3,(H,20,23)(H,21,22). The smallest absolute Gasteiger partial charge is 0.263 e. The molecule has 10 heteroatoms. The minimum atomic E-state index is -3.85. The molecular formula is C18H16FN3O5S. The van der Waals surface area contributed by atoms with E-state index in [2.05, 4.69) is 15.2 Å². The Morgan fingerprint density at radius 3 is 2.54 bits per heavy atom. The molecule has 146 valence electrons. The molecule has 0 bridgehead atoms. The van der Waals surface area contributed by atoms with Gasteiger partial charge in [-0.1, -0.05) is 17.3 Å². The first-order valence-corrected chi connectivity index (χ1v) is 9.55. The van der Waals surface area contributed by atoms with Gasteiger partial charge in [0.25, 0.3) is 15.9 Å². The highest BCUT2D eigenvalue weighted by Crippen LogP contribution is 2.19. The second-order valence-electron chi connectivity index (χ2n) is 5.72. The van der Waals surface area contributed by atoms with Gasteiger partial charge in [0.2, 0.25) is 0 Å². The Kier molecular flexibility index (Phi) is 5.59. The summed E-state index contributed by atoms with van der Waals surface area (Å²) in [5.74, 6) is -0.587. The number of aryl methyl sites for hydroxylation is 1. The number of carbonyl (C=O) groups is 1. The molecule has 0 radical (unpaired) electrons. The summed E-state index contributed by atoms with van der Waals surface area (Å²) in [5.41, 5.74) is 0.360. The Labute approximate surface area is 160 Å². The largest absolute Gasteiger partial charge is 0.481 e. The number of nitrogens with zero attached hydrogens (tertiary/aromatic N) is 1. The van der Waals surface area contributed by atoms with E-state index in [4.69, 9.17) is 9.26 Å². The number of para-hydroxylation sites is 1. The monoisotopic (exact) mass is 405 g/mol. The molecule has 3 aromatic rings. The van der Waals surface area contributed by atoms with Gasteiger partial charge in [-0.25, -0.2) is 12.8 Å². The van der Waals surface area contributed by atoms with Crippen LogP contribution in [-0.4, -0.2) is 26.1 Å². The van der Waals surface area contributed by atoms with Crippen LogP contribution in [0.4, 0.5) is 15.9 Å². The fourth-order valence-electron chi connectivity index (χ4n) is 2.23. The van der Waals surface area contributed by atoms with Crippen LogP contribution >= 0.6 is 0 Å². The van der Waals surface area contributed by atoms with Crippen LogP contribution in [0.25, 0.3) is 0 Å². The molecule has 1 heterocycles. The summed E-state index contributed by atoms with van der Waals surface area (Å²) in [4.78, 5) is 11.9. The summed E-state index contributed by atoms with van der Waals surface area (Å²) in [7, 11) is -3.85. The van der Waals surface area contributed by atoms with Crippen molar-refractivity contribution in [3.8, 4) is 5.75 Å². The Morgan fingerprint density at radius 2 is 1.89 bits per heavy atom. The van der Waals surface area contributed by atoms with E-state index >= 15 is 0 Å². The first kappa shape index (κ1) is 19.4. The number of sulfonamides is 1. The molecule has 1 aromatic heterocycles. The first-order valence-electron chi connectivity index (χ1n) is 8.07. The predicted molar refractivity (Wildman–Crippen MR) is 99.0 cm³/mol. The molecule has 0 saturated heterocycles. The maximum Gasteiger partial charge on any atom is 0.263 e. The number of hydrogen-bond donors (Lipinski definition) is 2. The summed E-state index contributed by atoms with van der Waals surface area (Å²) in [6.45, 7) is 1.24. The molecule has 0 atom stereocenters. The quantitative estimate of drug-likeness (QED) is 0.625. The average Bonchev–Trinajstić information content (AvgIpc) is 3.05. The van der Waals surface area contributed by atoms with Gasteiger partial charge in [-0.2, -0.15) is 0 Å². The first-order chi connectivity index (χ1) is 13.3. The Morgan fingerprint density at radius 1 is 1.18 bits per heavy atom. The van der Waals surface area contributed by atoms with Crippen LogP contribution < -0.4 is 14.8 Å². The second kappa shape index (κ2) is 8.09. The van der Waals surface area contributed by atoms with Crippen molar-refractivity contribution in [2.45, 2.75) is 11.8 Å². The third-order valence-corrected chi connectivity index (χ3v) is 4.88. The fourth-order valence-corrected chi connectivity index (χ4v) is 3.21. The summed E-state index contributed by atoms with van der Waals surface area (Å²) >= 11 is 0. The van der Waals surface area contributed by atoms with Gasteiger partial charge in [0.15, 0.2) is 24.0 Å².